The van der Waals surface area contributed by atoms with Crippen LogP contribution in [-0.2, 0) is 11.3 Å². The molecule has 1 aromatic rings. The number of carbonyl (C=O) groups excluding carboxylic acids is 1. The van der Waals surface area contributed by atoms with Crippen molar-refractivity contribution in [3.8, 4) is 0 Å². The van der Waals surface area contributed by atoms with E-state index in [1.807, 2.05) is 39.0 Å². The topological polar surface area (TPSA) is 67.6 Å². The lowest BCUT2D eigenvalue weighted by Crippen LogP contribution is -2.48. The van der Waals surface area contributed by atoms with Crippen molar-refractivity contribution in [2.45, 2.75) is 45.0 Å². The summed E-state index contributed by atoms with van der Waals surface area (Å²) in [6.45, 7) is 7.92. The van der Waals surface area contributed by atoms with E-state index in [9.17, 15) is 4.79 Å². The van der Waals surface area contributed by atoms with E-state index in [1.165, 1.54) is 5.56 Å². The van der Waals surface area contributed by atoms with Gasteiger partial charge in [0.05, 0.1) is 6.04 Å². The second-order valence-electron chi connectivity index (χ2n) is 6.60. The van der Waals surface area contributed by atoms with Crippen LogP contribution in [0.15, 0.2) is 30.3 Å². The first-order valence-electron chi connectivity index (χ1n) is 7.35. The highest BCUT2D eigenvalue weighted by atomic mass is 16.6. The van der Waals surface area contributed by atoms with Crippen molar-refractivity contribution in [3.63, 3.8) is 0 Å². The van der Waals surface area contributed by atoms with Crippen LogP contribution in [0, 0.1) is 0 Å². The van der Waals surface area contributed by atoms with E-state index >= 15 is 0 Å². The van der Waals surface area contributed by atoms with E-state index in [2.05, 4.69) is 22.3 Å². The maximum atomic E-state index is 11.8. The fraction of sp³-hybridized carbons (Fsp3) is 0.562. The molecule has 1 heterocycles. The van der Waals surface area contributed by atoms with Crippen molar-refractivity contribution in [2.24, 2.45) is 5.73 Å². The zero-order chi connectivity index (χ0) is 15.5. The molecule has 1 aliphatic rings. The predicted octanol–water partition coefficient (Wildman–Crippen LogP) is 1.72. The maximum Gasteiger partial charge on any atom is 0.407 e. The van der Waals surface area contributed by atoms with Gasteiger partial charge in [-0.2, -0.15) is 0 Å². The zero-order valence-electron chi connectivity index (χ0n) is 13.0. The van der Waals surface area contributed by atoms with E-state index in [4.69, 9.17) is 10.5 Å². The van der Waals surface area contributed by atoms with Crippen LogP contribution in [-0.4, -0.2) is 41.8 Å². The molecule has 1 aromatic carbocycles. The molecule has 5 heteroatoms. The number of hydrogen-bond acceptors (Lipinski definition) is 4. The van der Waals surface area contributed by atoms with Crippen LogP contribution in [0.3, 0.4) is 0 Å². The molecular formula is C16H25N3O2. The Balaban J connectivity index is 1.85. The van der Waals surface area contributed by atoms with E-state index in [-0.39, 0.29) is 12.1 Å². The fourth-order valence-corrected chi connectivity index (χ4v) is 2.50. The first-order valence-corrected chi connectivity index (χ1v) is 7.35. The van der Waals surface area contributed by atoms with E-state index < -0.39 is 11.7 Å². The van der Waals surface area contributed by atoms with Crippen LogP contribution in [0.4, 0.5) is 4.79 Å². The smallest absolute Gasteiger partial charge is 0.407 e. The summed E-state index contributed by atoms with van der Waals surface area (Å²) in [5, 5.41) is 2.87. The number of hydrogen-bond donors (Lipinski definition) is 2. The summed E-state index contributed by atoms with van der Waals surface area (Å²) in [5.74, 6) is 0. The molecule has 0 saturated carbocycles. The van der Waals surface area contributed by atoms with Crippen LogP contribution >= 0.6 is 0 Å². The normalized spacial score (nSPS) is 23.0. The first kappa shape index (κ1) is 15.8. The number of amides is 1. The molecule has 0 bridgehead atoms. The quantitative estimate of drug-likeness (QED) is 0.890. The van der Waals surface area contributed by atoms with Gasteiger partial charge in [-0.1, -0.05) is 30.3 Å². The Morgan fingerprint density at radius 2 is 2.00 bits per heavy atom. The molecule has 0 radical (unpaired) electrons. The Hall–Kier alpha value is -1.59. The lowest BCUT2D eigenvalue weighted by Gasteiger charge is -2.23. The molecule has 1 aliphatic heterocycles. The first-order chi connectivity index (χ1) is 9.83. The van der Waals surface area contributed by atoms with Gasteiger partial charge in [0.25, 0.3) is 0 Å². The predicted molar refractivity (Wildman–Crippen MR) is 82.9 cm³/mol. The summed E-state index contributed by atoms with van der Waals surface area (Å²) in [6, 6.07) is 10.1. The minimum Gasteiger partial charge on any atom is -0.444 e. The van der Waals surface area contributed by atoms with Crippen molar-refractivity contribution < 1.29 is 9.53 Å². The van der Waals surface area contributed by atoms with Crippen LogP contribution in [0.5, 0.6) is 0 Å². The summed E-state index contributed by atoms with van der Waals surface area (Å²) < 4.78 is 5.28. The van der Waals surface area contributed by atoms with Crippen molar-refractivity contribution >= 4 is 6.09 Å². The van der Waals surface area contributed by atoms with Crippen LogP contribution < -0.4 is 11.1 Å². The highest BCUT2D eigenvalue weighted by Crippen LogP contribution is 2.14. The van der Waals surface area contributed by atoms with Gasteiger partial charge in [-0.3, -0.25) is 4.90 Å². The monoisotopic (exact) mass is 291 g/mol. The molecule has 1 saturated heterocycles. The molecule has 0 spiro atoms. The van der Waals surface area contributed by atoms with Gasteiger partial charge >= 0.3 is 6.09 Å². The lowest BCUT2D eigenvalue weighted by atomic mass is 10.2. The molecule has 0 aromatic heterocycles. The summed E-state index contributed by atoms with van der Waals surface area (Å²) >= 11 is 0. The van der Waals surface area contributed by atoms with Gasteiger partial charge in [0.2, 0.25) is 0 Å². The molecule has 5 nitrogen and oxygen atoms in total. The van der Waals surface area contributed by atoms with E-state index in [0.29, 0.717) is 0 Å². The van der Waals surface area contributed by atoms with Gasteiger partial charge in [0, 0.05) is 25.7 Å². The minimum absolute atomic E-state index is 0.0661. The minimum atomic E-state index is -0.490. The SMILES string of the molecule is CC(C)(C)OC(=O)N[C@@H]1CN(Cc2ccccc2)C[C@H]1N. The summed E-state index contributed by atoms with van der Waals surface area (Å²) in [7, 11) is 0. The molecule has 21 heavy (non-hydrogen) atoms. The van der Waals surface area contributed by atoms with Crippen molar-refractivity contribution in [3.05, 3.63) is 35.9 Å². The molecule has 3 N–H and O–H groups in total. The standard InChI is InChI=1S/C16H25N3O2/c1-16(2,3)21-15(20)18-14-11-19(10-13(14)17)9-12-7-5-4-6-8-12/h4-8,13-14H,9-11,17H2,1-3H3,(H,18,20)/t13-,14-/m1/s1. The van der Waals surface area contributed by atoms with E-state index in [1.54, 1.807) is 0 Å². The Morgan fingerprint density at radius 1 is 1.33 bits per heavy atom. The molecular weight excluding hydrogens is 266 g/mol. The number of nitrogens with zero attached hydrogens (tertiary/aromatic N) is 1. The second kappa shape index (κ2) is 6.45. The largest absolute Gasteiger partial charge is 0.444 e. The fourth-order valence-electron chi connectivity index (χ4n) is 2.50. The number of rotatable bonds is 3. The Labute approximate surface area is 126 Å². The van der Waals surface area contributed by atoms with Gasteiger partial charge in [0.15, 0.2) is 0 Å². The molecule has 1 fully saturated rings. The van der Waals surface area contributed by atoms with Crippen molar-refractivity contribution in [2.75, 3.05) is 13.1 Å². The molecule has 1 amide bonds. The van der Waals surface area contributed by atoms with Crippen LogP contribution in [0.2, 0.25) is 0 Å². The summed E-state index contributed by atoms with van der Waals surface area (Å²) in [5.41, 5.74) is 6.89. The molecule has 2 rings (SSSR count). The van der Waals surface area contributed by atoms with Gasteiger partial charge in [-0.25, -0.2) is 4.79 Å². The van der Waals surface area contributed by atoms with Crippen LogP contribution in [0.1, 0.15) is 26.3 Å². The van der Waals surface area contributed by atoms with Crippen molar-refractivity contribution in [1.29, 1.82) is 0 Å². The Kier molecular flexibility index (Phi) is 4.85. The average Bonchev–Trinajstić information content (AvgIpc) is 2.68. The highest BCUT2D eigenvalue weighted by molar-refractivity contribution is 5.68. The zero-order valence-corrected chi connectivity index (χ0v) is 13.0. The number of carbonyl (C=O) groups is 1. The van der Waals surface area contributed by atoms with E-state index in [0.717, 1.165) is 19.6 Å². The van der Waals surface area contributed by atoms with Crippen LogP contribution in [0.25, 0.3) is 0 Å². The number of ether oxygens (including phenoxy) is 1. The summed E-state index contributed by atoms with van der Waals surface area (Å²) in [4.78, 5) is 14.1. The third kappa shape index (κ3) is 5.02. The molecule has 2 atom stereocenters. The molecule has 0 unspecified atom stereocenters. The maximum absolute atomic E-state index is 11.8. The van der Waals surface area contributed by atoms with Gasteiger partial charge in [-0.15, -0.1) is 0 Å². The average molecular weight is 291 g/mol. The second-order valence-corrected chi connectivity index (χ2v) is 6.60. The van der Waals surface area contributed by atoms with Crippen molar-refractivity contribution in [1.82, 2.24) is 10.2 Å². The lowest BCUT2D eigenvalue weighted by molar-refractivity contribution is 0.0502. The molecule has 116 valence electrons. The number of benzene rings is 1. The molecule has 0 aliphatic carbocycles. The van der Waals surface area contributed by atoms with Gasteiger partial charge in [-0.05, 0) is 26.3 Å². The number of nitrogens with one attached hydrogen (secondary N) is 1. The third-order valence-corrected chi connectivity index (χ3v) is 3.39. The number of nitrogens with two attached hydrogens (primary N) is 1. The Morgan fingerprint density at radius 3 is 2.62 bits per heavy atom. The summed E-state index contributed by atoms with van der Waals surface area (Å²) in [6.07, 6.45) is -0.399. The highest BCUT2D eigenvalue weighted by Gasteiger charge is 2.32. The van der Waals surface area contributed by atoms with Gasteiger partial charge < -0.3 is 15.8 Å². The number of likely N-dealkylation sites (tertiary alicyclic amines) is 1. The Bertz CT molecular complexity index is 470. The van der Waals surface area contributed by atoms with Gasteiger partial charge in [0.1, 0.15) is 5.60 Å². The number of alkyl carbamates (subject to hydrolysis) is 1. The third-order valence-electron chi connectivity index (χ3n) is 3.39.